The number of carbonyl (C=O) groups is 1. The second-order valence-electron chi connectivity index (χ2n) is 4.76. The lowest BCUT2D eigenvalue weighted by atomic mass is 10.1. The first-order valence-corrected chi connectivity index (χ1v) is 7.67. The Morgan fingerprint density at radius 3 is 2.81 bits per heavy atom. The summed E-state index contributed by atoms with van der Waals surface area (Å²) in [5, 5.41) is 6.15. The van der Waals surface area contributed by atoms with E-state index < -0.39 is 0 Å². The third-order valence-electron chi connectivity index (χ3n) is 3.01. The summed E-state index contributed by atoms with van der Waals surface area (Å²) in [6.07, 6.45) is 2.64. The van der Waals surface area contributed by atoms with Crippen LogP contribution in [-0.2, 0) is 0 Å². The van der Waals surface area contributed by atoms with Gasteiger partial charge in [0.15, 0.2) is 0 Å². The molecule has 0 spiro atoms. The minimum absolute atomic E-state index is 0.141. The number of hydrogen-bond donors (Lipinski definition) is 2. The lowest BCUT2D eigenvalue weighted by molar-refractivity contribution is 0.102. The van der Waals surface area contributed by atoms with Gasteiger partial charge in [0.2, 0.25) is 0 Å². The molecule has 0 unspecified atom stereocenters. The number of nitrogens with zero attached hydrogens (tertiary/aromatic N) is 1. The SMILES string of the molecule is CCCNc1ccccc1C(=O)Nc1cnc(Br)c(C)c1. The van der Waals surface area contributed by atoms with E-state index in [0.717, 1.165) is 28.8 Å². The molecule has 1 amide bonds. The molecule has 0 atom stereocenters. The van der Waals surface area contributed by atoms with Crippen molar-refractivity contribution in [2.75, 3.05) is 17.2 Å². The molecule has 0 bridgehead atoms. The van der Waals surface area contributed by atoms with Crippen LogP contribution in [0.1, 0.15) is 29.3 Å². The molecule has 4 nitrogen and oxygen atoms in total. The molecule has 0 aliphatic rings. The van der Waals surface area contributed by atoms with Gasteiger partial charge in [-0.25, -0.2) is 4.98 Å². The summed E-state index contributed by atoms with van der Waals surface area (Å²) < 4.78 is 0.783. The second kappa shape index (κ2) is 7.22. The van der Waals surface area contributed by atoms with Crippen LogP contribution in [0, 0.1) is 6.92 Å². The van der Waals surface area contributed by atoms with Gasteiger partial charge in [0.05, 0.1) is 17.4 Å². The third-order valence-corrected chi connectivity index (χ3v) is 3.84. The van der Waals surface area contributed by atoms with Crippen molar-refractivity contribution in [2.45, 2.75) is 20.3 Å². The topological polar surface area (TPSA) is 54.0 Å². The number of amides is 1. The molecule has 0 aliphatic heterocycles. The van der Waals surface area contributed by atoms with E-state index in [2.05, 4.69) is 38.5 Å². The molecule has 1 heterocycles. The summed E-state index contributed by atoms with van der Waals surface area (Å²) in [4.78, 5) is 16.6. The van der Waals surface area contributed by atoms with Crippen molar-refractivity contribution in [3.05, 3.63) is 52.3 Å². The monoisotopic (exact) mass is 347 g/mol. The number of benzene rings is 1. The summed E-state index contributed by atoms with van der Waals surface area (Å²) in [5.74, 6) is -0.141. The van der Waals surface area contributed by atoms with E-state index in [9.17, 15) is 4.79 Å². The normalized spacial score (nSPS) is 10.2. The number of pyridine rings is 1. The summed E-state index contributed by atoms with van der Waals surface area (Å²) in [7, 11) is 0. The molecule has 0 saturated heterocycles. The molecule has 2 rings (SSSR count). The molecule has 0 saturated carbocycles. The maximum atomic E-state index is 12.4. The first kappa shape index (κ1) is 15.5. The quantitative estimate of drug-likeness (QED) is 0.796. The molecule has 21 heavy (non-hydrogen) atoms. The van der Waals surface area contributed by atoms with E-state index in [1.807, 2.05) is 37.3 Å². The smallest absolute Gasteiger partial charge is 0.257 e. The number of anilines is 2. The van der Waals surface area contributed by atoms with Crippen LogP contribution in [0.5, 0.6) is 0 Å². The van der Waals surface area contributed by atoms with Gasteiger partial charge < -0.3 is 10.6 Å². The van der Waals surface area contributed by atoms with Gasteiger partial charge in [0, 0.05) is 12.2 Å². The standard InChI is InChI=1S/C16H18BrN3O/c1-3-8-18-14-7-5-4-6-13(14)16(21)20-12-9-11(2)15(17)19-10-12/h4-7,9-10,18H,3,8H2,1-2H3,(H,20,21). The molecular weight excluding hydrogens is 330 g/mol. The fraction of sp³-hybridized carbons (Fsp3) is 0.250. The Morgan fingerprint density at radius 2 is 2.10 bits per heavy atom. The average Bonchev–Trinajstić information content (AvgIpc) is 2.49. The highest BCUT2D eigenvalue weighted by Crippen LogP contribution is 2.20. The predicted octanol–water partition coefficient (Wildman–Crippen LogP) is 4.23. The van der Waals surface area contributed by atoms with Gasteiger partial charge in [0.1, 0.15) is 4.60 Å². The molecular formula is C16H18BrN3O. The van der Waals surface area contributed by atoms with E-state index in [-0.39, 0.29) is 5.91 Å². The minimum atomic E-state index is -0.141. The number of aromatic nitrogens is 1. The molecule has 0 aliphatic carbocycles. The Labute approximate surface area is 133 Å². The first-order valence-electron chi connectivity index (χ1n) is 6.88. The van der Waals surface area contributed by atoms with E-state index in [0.29, 0.717) is 11.3 Å². The lowest BCUT2D eigenvalue weighted by Gasteiger charge is -2.12. The number of hydrogen-bond acceptors (Lipinski definition) is 3. The first-order chi connectivity index (χ1) is 10.1. The highest BCUT2D eigenvalue weighted by Gasteiger charge is 2.11. The van der Waals surface area contributed by atoms with E-state index in [1.165, 1.54) is 0 Å². The molecule has 110 valence electrons. The van der Waals surface area contributed by atoms with Gasteiger partial charge in [-0.2, -0.15) is 0 Å². The van der Waals surface area contributed by atoms with Crippen LogP contribution >= 0.6 is 15.9 Å². The van der Waals surface area contributed by atoms with Crippen molar-refractivity contribution in [3.63, 3.8) is 0 Å². The molecule has 0 radical (unpaired) electrons. The van der Waals surface area contributed by atoms with Crippen LogP contribution in [0.25, 0.3) is 0 Å². The zero-order chi connectivity index (χ0) is 15.2. The highest BCUT2D eigenvalue weighted by atomic mass is 79.9. The van der Waals surface area contributed by atoms with Gasteiger partial charge in [-0.05, 0) is 53.0 Å². The minimum Gasteiger partial charge on any atom is -0.384 e. The molecule has 1 aromatic heterocycles. The molecule has 1 aromatic carbocycles. The van der Waals surface area contributed by atoms with Crippen LogP contribution in [-0.4, -0.2) is 17.4 Å². The van der Waals surface area contributed by atoms with E-state index in [4.69, 9.17) is 0 Å². The Bertz CT molecular complexity index is 643. The van der Waals surface area contributed by atoms with Gasteiger partial charge in [-0.1, -0.05) is 19.1 Å². The second-order valence-corrected chi connectivity index (χ2v) is 5.51. The molecule has 2 aromatic rings. The number of carbonyl (C=O) groups excluding carboxylic acids is 1. The maximum absolute atomic E-state index is 12.4. The lowest BCUT2D eigenvalue weighted by Crippen LogP contribution is -2.15. The van der Waals surface area contributed by atoms with Crippen molar-refractivity contribution in [1.82, 2.24) is 4.98 Å². The zero-order valence-electron chi connectivity index (χ0n) is 12.1. The predicted molar refractivity (Wildman–Crippen MR) is 89.8 cm³/mol. The summed E-state index contributed by atoms with van der Waals surface area (Å²) >= 11 is 3.35. The fourth-order valence-electron chi connectivity index (χ4n) is 1.92. The van der Waals surface area contributed by atoms with Crippen LogP contribution < -0.4 is 10.6 Å². The average molecular weight is 348 g/mol. The zero-order valence-corrected chi connectivity index (χ0v) is 13.7. The Balaban J connectivity index is 2.18. The Morgan fingerprint density at radius 1 is 1.33 bits per heavy atom. The van der Waals surface area contributed by atoms with Crippen LogP contribution in [0.2, 0.25) is 0 Å². The van der Waals surface area contributed by atoms with E-state index >= 15 is 0 Å². The number of aryl methyl sites for hydroxylation is 1. The maximum Gasteiger partial charge on any atom is 0.257 e. The Hall–Kier alpha value is -1.88. The summed E-state index contributed by atoms with van der Waals surface area (Å²) in [5.41, 5.74) is 3.14. The number of rotatable bonds is 5. The summed E-state index contributed by atoms with van der Waals surface area (Å²) in [6.45, 7) is 4.86. The van der Waals surface area contributed by atoms with Gasteiger partial charge >= 0.3 is 0 Å². The Kier molecular flexibility index (Phi) is 5.33. The molecule has 5 heteroatoms. The van der Waals surface area contributed by atoms with Crippen LogP contribution in [0.4, 0.5) is 11.4 Å². The van der Waals surface area contributed by atoms with Crippen molar-refractivity contribution in [2.24, 2.45) is 0 Å². The largest absolute Gasteiger partial charge is 0.384 e. The van der Waals surface area contributed by atoms with Gasteiger partial charge in [-0.15, -0.1) is 0 Å². The number of para-hydroxylation sites is 1. The third kappa shape index (κ3) is 4.04. The van der Waals surface area contributed by atoms with Crippen molar-refractivity contribution in [3.8, 4) is 0 Å². The molecule has 2 N–H and O–H groups in total. The summed E-state index contributed by atoms with van der Waals surface area (Å²) in [6, 6.07) is 9.39. The number of halogens is 1. The van der Waals surface area contributed by atoms with E-state index in [1.54, 1.807) is 6.20 Å². The van der Waals surface area contributed by atoms with Crippen LogP contribution in [0.15, 0.2) is 41.1 Å². The molecule has 0 fully saturated rings. The van der Waals surface area contributed by atoms with Gasteiger partial charge in [-0.3, -0.25) is 4.79 Å². The van der Waals surface area contributed by atoms with Crippen molar-refractivity contribution < 1.29 is 4.79 Å². The number of nitrogens with one attached hydrogen (secondary N) is 2. The highest BCUT2D eigenvalue weighted by molar-refractivity contribution is 9.10. The van der Waals surface area contributed by atoms with Crippen molar-refractivity contribution >= 4 is 33.2 Å². The van der Waals surface area contributed by atoms with Crippen LogP contribution in [0.3, 0.4) is 0 Å². The van der Waals surface area contributed by atoms with Crippen molar-refractivity contribution in [1.29, 1.82) is 0 Å². The fourth-order valence-corrected chi connectivity index (χ4v) is 2.14. The van der Waals surface area contributed by atoms with Gasteiger partial charge in [0.25, 0.3) is 5.91 Å².